The fourth-order valence-corrected chi connectivity index (χ4v) is 2.52. The molecular weight excluding hydrogens is 277 g/mol. The van der Waals surface area contributed by atoms with E-state index in [0.717, 1.165) is 15.2 Å². The number of oxime groups is 1. The highest BCUT2D eigenvalue weighted by atomic mass is 79.9. The zero-order valence-electron chi connectivity index (χ0n) is 7.61. The van der Waals surface area contributed by atoms with Crippen molar-refractivity contribution in [3.05, 3.63) is 45.4 Å². The average Bonchev–Trinajstić information content (AvgIpc) is 2.24. The predicted octanol–water partition coefficient (Wildman–Crippen LogP) is 4.06. The Kier molecular flexibility index (Phi) is 2.93. The van der Waals surface area contributed by atoms with E-state index in [1.54, 1.807) is 0 Å². The molecule has 0 aromatic heterocycles. The molecule has 0 radical (unpaired) electrons. The molecule has 0 aliphatic carbocycles. The molecule has 1 N–H and O–H groups in total. The second-order valence-electron chi connectivity index (χ2n) is 3.05. The molecule has 2 aromatic carbocycles. The summed E-state index contributed by atoms with van der Waals surface area (Å²) in [5.74, 6) is 0. The fraction of sp³-hybridized carbons (Fsp3) is 0. The molecule has 0 bridgehead atoms. The maximum Gasteiger partial charge on any atom is 0.0760 e. The molecule has 2 aromatic rings. The molecule has 2 nitrogen and oxygen atoms in total. The van der Waals surface area contributed by atoms with Crippen LogP contribution < -0.4 is 0 Å². The average molecular weight is 285 g/mol. The zero-order valence-corrected chi connectivity index (χ0v) is 9.96. The Balaban J connectivity index is 2.83. The first-order valence-corrected chi connectivity index (χ1v) is 5.45. The van der Waals surface area contributed by atoms with Gasteiger partial charge in [-0.2, -0.15) is 0 Å². The van der Waals surface area contributed by atoms with Gasteiger partial charge in [-0.25, -0.2) is 0 Å². The summed E-state index contributed by atoms with van der Waals surface area (Å²) < 4.78 is 0.836. The molecule has 76 valence electrons. The minimum absolute atomic E-state index is 0.554. The third kappa shape index (κ3) is 1.85. The molecule has 0 saturated heterocycles. The summed E-state index contributed by atoms with van der Waals surface area (Å²) in [5.41, 5.74) is 0.679. The minimum Gasteiger partial charge on any atom is -0.411 e. The van der Waals surface area contributed by atoms with E-state index in [0.29, 0.717) is 10.6 Å². The zero-order chi connectivity index (χ0) is 10.8. The summed E-state index contributed by atoms with van der Waals surface area (Å²) in [4.78, 5) is 0. The van der Waals surface area contributed by atoms with Crippen LogP contribution in [-0.2, 0) is 0 Å². The lowest BCUT2D eigenvalue weighted by molar-refractivity contribution is 0.322. The molecule has 0 heterocycles. The van der Waals surface area contributed by atoms with Crippen LogP contribution in [0.15, 0.2) is 40.0 Å². The van der Waals surface area contributed by atoms with Crippen molar-refractivity contribution in [2.24, 2.45) is 5.16 Å². The number of benzene rings is 2. The van der Waals surface area contributed by atoms with E-state index in [-0.39, 0.29) is 0 Å². The number of fused-ring (bicyclic) bond motifs is 1. The number of hydrogen-bond acceptors (Lipinski definition) is 2. The van der Waals surface area contributed by atoms with Crippen molar-refractivity contribution in [3.63, 3.8) is 0 Å². The van der Waals surface area contributed by atoms with E-state index < -0.39 is 0 Å². The van der Waals surface area contributed by atoms with Crippen molar-refractivity contribution in [3.8, 4) is 0 Å². The molecule has 4 heteroatoms. The summed E-state index contributed by atoms with van der Waals surface area (Å²) in [7, 11) is 0. The lowest BCUT2D eigenvalue weighted by Gasteiger charge is -2.06. The Hall–Kier alpha value is -1.06. The summed E-state index contributed by atoms with van der Waals surface area (Å²) >= 11 is 9.50. The van der Waals surface area contributed by atoms with Gasteiger partial charge in [-0.15, -0.1) is 0 Å². The quantitative estimate of drug-likeness (QED) is 0.478. The van der Waals surface area contributed by atoms with Gasteiger partial charge in [0, 0.05) is 10.0 Å². The van der Waals surface area contributed by atoms with Crippen LogP contribution in [0.1, 0.15) is 5.56 Å². The van der Waals surface area contributed by atoms with E-state index in [4.69, 9.17) is 16.8 Å². The first-order valence-electron chi connectivity index (χ1n) is 4.28. The molecule has 0 aliphatic rings. The summed E-state index contributed by atoms with van der Waals surface area (Å²) in [5, 5.41) is 14.2. The first-order chi connectivity index (χ1) is 7.24. The Bertz CT molecular complexity index is 539. The number of hydrogen-bond donors (Lipinski definition) is 1. The second kappa shape index (κ2) is 4.21. The first kappa shape index (κ1) is 10.5. The lowest BCUT2D eigenvalue weighted by Crippen LogP contribution is -1.87. The Labute approximate surface area is 100 Å². The Morgan fingerprint density at radius 1 is 1.33 bits per heavy atom. The van der Waals surface area contributed by atoms with E-state index in [2.05, 4.69) is 21.1 Å². The van der Waals surface area contributed by atoms with Crippen molar-refractivity contribution in [1.29, 1.82) is 0 Å². The number of halogens is 2. The molecule has 0 unspecified atom stereocenters. The van der Waals surface area contributed by atoms with Crippen molar-refractivity contribution in [1.82, 2.24) is 0 Å². The predicted molar refractivity (Wildman–Crippen MR) is 66.0 cm³/mol. The van der Waals surface area contributed by atoms with Crippen molar-refractivity contribution >= 4 is 44.5 Å². The Morgan fingerprint density at radius 2 is 2.07 bits per heavy atom. The molecule has 0 fully saturated rings. The lowest BCUT2D eigenvalue weighted by atomic mass is 10.1. The van der Waals surface area contributed by atoms with Crippen LogP contribution in [0.4, 0.5) is 0 Å². The number of nitrogens with zero attached hydrogens (tertiary/aromatic N) is 1. The minimum atomic E-state index is 0.554. The van der Waals surface area contributed by atoms with Crippen LogP contribution >= 0.6 is 27.5 Å². The van der Waals surface area contributed by atoms with Gasteiger partial charge in [0.05, 0.1) is 11.2 Å². The number of rotatable bonds is 1. The van der Waals surface area contributed by atoms with Crippen molar-refractivity contribution < 1.29 is 5.21 Å². The fourth-order valence-electron chi connectivity index (χ4n) is 1.46. The highest BCUT2D eigenvalue weighted by Crippen LogP contribution is 2.32. The SMILES string of the molecule is O/N=C/c1c(Cl)cc2ccccc2c1Br. The van der Waals surface area contributed by atoms with Gasteiger partial charge in [0.25, 0.3) is 0 Å². The van der Waals surface area contributed by atoms with Crippen molar-refractivity contribution in [2.45, 2.75) is 0 Å². The maximum atomic E-state index is 8.53. The van der Waals surface area contributed by atoms with Gasteiger partial charge in [-0.1, -0.05) is 41.0 Å². The third-order valence-corrected chi connectivity index (χ3v) is 3.33. The smallest absolute Gasteiger partial charge is 0.0760 e. The van der Waals surface area contributed by atoms with Crippen LogP contribution in [0.5, 0.6) is 0 Å². The van der Waals surface area contributed by atoms with Gasteiger partial charge in [0.15, 0.2) is 0 Å². The highest BCUT2D eigenvalue weighted by molar-refractivity contribution is 9.10. The maximum absolute atomic E-state index is 8.53. The van der Waals surface area contributed by atoms with Gasteiger partial charge in [-0.3, -0.25) is 0 Å². The van der Waals surface area contributed by atoms with E-state index in [9.17, 15) is 0 Å². The van der Waals surface area contributed by atoms with Crippen LogP contribution in [-0.4, -0.2) is 11.4 Å². The van der Waals surface area contributed by atoms with Crippen LogP contribution in [0.3, 0.4) is 0 Å². The molecule has 0 spiro atoms. The molecule has 15 heavy (non-hydrogen) atoms. The summed E-state index contributed by atoms with van der Waals surface area (Å²) in [6.07, 6.45) is 1.32. The molecule has 2 rings (SSSR count). The molecule has 0 amide bonds. The van der Waals surface area contributed by atoms with Gasteiger partial charge >= 0.3 is 0 Å². The Morgan fingerprint density at radius 3 is 2.80 bits per heavy atom. The van der Waals surface area contributed by atoms with Gasteiger partial charge in [0.1, 0.15) is 0 Å². The van der Waals surface area contributed by atoms with Gasteiger partial charge < -0.3 is 5.21 Å². The van der Waals surface area contributed by atoms with E-state index >= 15 is 0 Å². The van der Waals surface area contributed by atoms with Crippen LogP contribution in [0, 0.1) is 0 Å². The molecule has 0 aliphatic heterocycles. The largest absolute Gasteiger partial charge is 0.411 e. The van der Waals surface area contributed by atoms with E-state index in [1.807, 2.05) is 30.3 Å². The standard InChI is InChI=1S/C11H7BrClNO/c12-11-8-4-2-1-3-7(8)5-10(13)9(11)6-14-15/h1-6,15H/b14-6+. The highest BCUT2D eigenvalue weighted by Gasteiger charge is 2.08. The van der Waals surface area contributed by atoms with Crippen LogP contribution in [0.25, 0.3) is 10.8 Å². The second-order valence-corrected chi connectivity index (χ2v) is 4.25. The van der Waals surface area contributed by atoms with Crippen molar-refractivity contribution in [2.75, 3.05) is 0 Å². The molecular formula is C11H7BrClNO. The monoisotopic (exact) mass is 283 g/mol. The summed E-state index contributed by atoms with van der Waals surface area (Å²) in [6, 6.07) is 9.70. The third-order valence-electron chi connectivity index (χ3n) is 2.16. The molecule has 0 saturated carbocycles. The normalized spacial score (nSPS) is 11.3. The topological polar surface area (TPSA) is 32.6 Å². The van der Waals surface area contributed by atoms with Crippen LogP contribution in [0.2, 0.25) is 5.02 Å². The summed E-state index contributed by atoms with van der Waals surface area (Å²) in [6.45, 7) is 0. The van der Waals surface area contributed by atoms with E-state index in [1.165, 1.54) is 6.21 Å². The van der Waals surface area contributed by atoms with Gasteiger partial charge in [-0.05, 0) is 32.8 Å². The molecule has 0 atom stereocenters. The van der Waals surface area contributed by atoms with Gasteiger partial charge in [0.2, 0.25) is 0 Å².